The van der Waals surface area contributed by atoms with E-state index in [1.807, 2.05) is 19.2 Å². The second kappa shape index (κ2) is 6.31. The third kappa shape index (κ3) is 3.72. The molecule has 4 nitrogen and oxygen atoms in total. The Labute approximate surface area is 132 Å². The molecule has 1 fully saturated rings. The molecule has 1 N–H and O–H groups in total. The van der Waals surface area contributed by atoms with E-state index in [-0.39, 0.29) is 5.92 Å². The van der Waals surface area contributed by atoms with Crippen LogP contribution in [0.3, 0.4) is 0 Å². The number of rotatable bonds is 3. The Morgan fingerprint density at radius 2 is 2.17 bits per heavy atom. The second-order valence-corrected chi connectivity index (χ2v) is 6.06. The molecular weight excluding hydrogens is 305 g/mol. The molecule has 0 amide bonds. The van der Waals surface area contributed by atoms with E-state index < -0.39 is 11.9 Å². The molecule has 3 rings (SSSR count). The van der Waals surface area contributed by atoms with Gasteiger partial charge < -0.3 is 4.98 Å². The average molecular weight is 324 g/mol. The highest BCUT2D eigenvalue weighted by Crippen LogP contribution is 2.31. The van der Waals surface area contributed by atoms with Crippen molar-refractivity contribution in [2.75, 3.05) is 13.1 Å². The van der Waals surface area contributed by atoms with Crippen LogP contribution in [0.4, 0.5) is 13.2 Å². The number of piperidine rings is 1. The number of aromatic amines is 1. The van der Waals surface area contributed by atoms with Crippen LogP contribution < -0.4 is 0 Å². The van der Waals surface area contributed by atoms with Crippen LogP contribution in [0, 0.1) is 6.92 Å². The summed E-state index contributed by atoms with van der Waals surface area (Å²) >= 11 is 0. The number of imidazole rings is 1. The van der Waals surface area contributed by atoms with E-state index in [1.165, 1.54) is 5.56 Å². The molecule has 1 atom stereocenters. The van der Waals surface area contributed by atoms with Crippen LogP contribution in [0.2, 0.25) is 0 Å². The molecule has 2 aromatic heterocycles. The quantitative estimate of drug-likeness (QED) is 0.940. The highest BCUT2D eigenvalue weighted by atomic mass is 19.4. The summed E-state index contributed by atoms with van der Waals surface area (Å²) in [6.45, 7) is 4.46. The number of nitrogens with one attached hydrogen (secondary N) is 1. The number of aromatic nitrogens is 3. The molecule has 0 aromatic carbocycles. The van der Waals surface area contributed by atoms with Crippen molar-refractivity contribution in [2.45, 2.75) is 38.4 Å². The highest BCUT2D eigenvalue weighted by molar-refractivity contribution is 5.21. The standard InChI is InChI=1S/C16H19F3N4/c1-11-4-5-20-7-13(11)10-23-6-2-3-12(9-23)15-21-8-14(22-15)16(17,18)19/h4-5,7-8,12H,2-3,6,9-10H2,1H3,(H,21,22). The molecule has 1 aliphatic rings. The topological polar surface area (TPSA) is 44.8 Å². The zero-order chi connectivity index (χ0) is 16.4. The van der Waals surface area contributed by atoms with Crippen LogP contribution >= 0.6 is 0 Å². The summed E-state index contributed by atoms with van der Waals surface area (Å²) < 4.78 is 38.1. The molecule has 124 valence electrons. The van der Waals surface area contributed by atoms with Crippen LogP contribution in [0.1, 0.15) is 41.4 Å². The summed E-state index contributed by atoms with van der Waals surface area (Å²) in [5.74, 6) is 0.446. The highest BCUT2D eigenvalue weighted by Gasteiger charge is 2.34. The van der Waals surface area contributed by atoms with E-state index in [0.29, 0.717) is 12.4 Å². The zero-order valence-corrected chi connectivity index (χ0v) is 12.9. The number of hydrogen-bond donors (Lipinski definition) is 1. The molecule has 2 aromatic rings. The van der Waals surface area contributed by atoms with Crippen molar-refractivity contribution < 1.29 is 13.2 Å². The predicted octanol–water partition coefficient (Wildman–Crippen LogP) is 3.51. The molecule has 0 saturated carbocycles. The van der Waals surface area contributed by atoms with Crippen molar-refractivity contribution in [3.8, 4) is 0 Å². The van der Waals surface area contributed by atoms with Crippen molar-refractivity contribution >= 4 is 0 Å². The number of pyridine rings is 1. The third-order valence-electron chi connectivity index (χ3n) is 4.33. The summed E-state index contributed by atoms with van der Waals surface area (Å²) in [7, 11) is 0. The lowest BCUT2D eigenvalue weighted by molar-refractivity contribution is -0.141. The SMILES string of the molecule is Cc1ccncc1CN1CCCC(c2ncc(C(F)(F)F)[nH]2)C1. The number of nitrogens with zero attached hydrogens (tertiary/aromatic N) is 3. The minimum atomic E-state index is -4.37. The molecule has 1 aliphatic heterocycles. The van der Waals surface area contributed by atoms with Gasteiger partial charge in [-0.1, -0.05) is 0 Å². The Morgan fingerprint density at radius 3 is 2.87 bits per heavy atom. The van der Waals surface area contributed by atoms with E-state index in [0.717, 1.165) is 37.7 Å². The summed E-state index contributed by atoms with van der Waals surface area (Å²) in [4.78, 5) is 12.8. The van der Waals surface area contributed by atoms with Crippen LogP contribution in [0.15, 0.2) is 24.7 Å². The first-order valence-corrected chi connectivity index (χ1v) is 7.67. The predicted molar refractivity (Wildman–Crippen MR) is 79.8 cm³/mol. The van der Waals surface area contributed by atoms with Gasteiger partial charge in [0.15, 0.2) is 0 Å². The molecule has 0 bridgehead atoms. The molecule has 0 radical (unpaired) electrons. The molecule has 0 aliphatic carbocycles. The number of likely N-dealkylation sites (tertiary alicyclic amines) is 1. The van der Waals surface area contributed by atoms with E-state index in [4.69, 9.17) is 0 Å². The number of aryl methyl sites for hydroxylation is 1. The fourth-order valence-corrected chi connectivity index (χ4v) is 3.01. The van der Waals surface area contributed by atoms with E-state index in [2.05, 4.69) is 19.9 Å². The van der Waals surface area contributed by atoms with Gasteiger partial charge in [0, 0.05) is 31.4 Å². The van der Waals surface area contributed by atoms with Crippen molar-refractivity contribution in [1.82, 2.24) is 19.9 Å². The van der Waals surface area contributed by atoms with Gasteiger partial charge in [0.2, 0.25) is 0 Å². The van der Waals surface area contributed by atoms with Crippen molar-refractivity contribution in [1.29, 1.82) is 0 Å². The van der Waals surface area contributed by atoms with Crippen molar-refractivity contribution in [2.24, 2.45) is 0 Å². The van der Waals surface area contributed by atoms with Crippen LogP contribution in [-0.2, 0) is 12.7 Å². The lowest BCUT2D eigenvalue weighted by atomic mass is 9.96. The Balaban J connectivity index is 1.69. The van der Waals surface area contributed by atoms with Crippen molar-refractivity contribution in [3.63, 3.8) is 0 Å². The first kappa shape index (κ1) is 16.0. The molecule has 1 saturated heterocycles. The van der Waals surface area contributed by atoms with Crippen molar-refractivity contribution in [3.05, 3.63) is 47.3 Å². The Bertz CT molecular complexity index is 665. The monoisotopic (exact) mass is 324 g/mol. The third-order valence-corrected chi connectivity index (χ3v) is 4.33. The summed E-state index contributed by atoms with van der Waals surface area (Å²) in [5.41, 5.74) is 1.57. The van der Waals surface area contributed by atoms with E-state index in [1.54, 1.807) is 6.20 Å². The minimum Gasteiger partial charge on any atom is -0.338 e. The number of halogens is 3. The first-order chi connectivity index (χ1) is 10.9. The summed E-state index contributed by atoms with van der Waals surface area (Å²) in [5, 5.41) is 0. The number of H-pyrrole nitrogens is 1. The van der Waals surface area contributed by atoms with Gasteiger partial charge >= 0.3 is 6.18 Å². The molecule has 7 heteroatoms. The Hall–Kier alpha value is -1.89. The zero-order valence-electron chi connectivity index (χ0n) is 12.9. The fourth-order valence-electron chi connectivity index (χ4n) is 3.01. The van der Waals surface area contributed by atoms with Crippen LogP contribution in [-0.4, -0.2) is 32.9 Å². The number of hydrogen-bond acceptors (Lipinski definition) is 3. The average Bonchev–Trinajstić information content (AvgIpc) is 3.00. The van der Waals surface area contributed by atoms with Gasteiger partial charge in [-0.15, -0.1) is 0 Å². The largest absolute Gasteiger partial charge is 0.432 e. The molecular formula is C16H19F3N4. The van der Waals surface area contributed by atoms with Gasteiger partial charge in [-0.3, -0.25) is 9.88 Å². The maximum Gasteiger partial charge on any atom is 0.432 e. The molecule has 0 spiro atoms. The lowest BCUT2D eigenvalue weighted by Crippen LogP contribution is -2.34. The maximum absolute atomic E-state index is 12.7. The maximum atomic E-state index is 12.7. The minimum absolute atomic E-state index is 0.0110. The van der Waals surface area contributed by atoms with Gasteiger partial charge in [-0.05, 0) is 43.5 Å². The fraction of sp³-hybridized carbons (Fsp3) is 0.500. The van der Waals surface area contributed by atoms with Crippen LogP contribution in [0.5, 0.6) is 0 Å². The second-order valence-electron chi connectivity index (χ2n) is 6.06. The Morgan fingerprint density at radius 1 is 1.35 bits per heavy atom. The van der Waals surface area contributed by atoms with E-state index >= 15 is 0 Å². The van der Waals surface area contributed by atoms with Gasteiger partial charge in [-0.2, -0.15) is 13.2 Å². The summed E-state index contributed by atoms with van der Waals surface area (Å²) in [6, 6.07) is 1.97. The van der Waals surface area contributed by atoms with Gasteiger partial charge in [0.1, 0.15) is 11.5 Å². The lowest BCUT2D eigenvalue weighted by Gasteiger charge is -2.32. The smallest absolute Gasteiger partial charge is 0.338 e. The van der Waals surface area contributed by atoms with E-state index in [9.17, 15) is 13.2 Å². The summed E-state index contributed by atoms with van der Waals surface area (Å²) in [6.07, 6.45) is 1.94. The molecule has 3 heterocycles. The Kier molecular flexibility index (Phi) is 4.39. The van der Waals surface area contributed by atoms with Gasteiger partial charge in [0.25, 0.3) is 0 Å². The van der Waals surface area contributed by atoms with Gasteiger partial charge in [-0.25, -0.2) is 4.98 Å². The number of alkyl halides is 3. The van der Waals surface area contributed by atoms with Crippen LogP contribution in [0.25, 0.3) is 0 Å². The normalized spacial score (nSPS) is 19.9. The van der Waals surface area contributed by atoms with Gasteiger partial charge in [0.05, 0.1) is 6.20 Å². The molecule has 1 unspecified atom stereocenters. The first-order valence-electron chi connectivity index (χ1n) is 7.67. The molecule has 23 heavy (non-hydrogen) atoms.